The zero-order chi connectivity index (χ0) is 15.9. The van der Waals surface area contributed by atoms with Gasteiger partial charge in [-0.2, -0.15) is 0 Å². The number of nitrogens with zero attached hydrogens (tertiary/aromatic N) is 3. The molecule has 2 rings (SSSR count). The highest BCUT2D eigenvalue weighted by atomic mass is 16.1. The van der Waals surface area contributed by atoms with E-state index in [4.69, 9.17) is 0 Å². The minimum Gasteiger partial charge on any atom is -0.342 e. The van der Waals surface area contributed by atoms with Gasteiger partial charge in [-0.1, -0.05) is 26.2 Å². The number of H-pyrrole nitrogens is 1. The summed E-state index contributed by atoms with van der Waals surface area (Å²) in [5, 5.41) is 0. The fraction of sp³-hybridized carbons (Fsp3) is 0.688. The molecule has 0 radical (unpaired) electrons. The SMILES string of the molecule is CCCCCCc1c(C)nc(N2CCN(C=O)CC2)[nH]c1=O. The molecule has 1 N–H and O–H groups in total. The quantitative estimate of drug-likeness (QED) is 0.612. The van der Waals surface area contributed by atoms with Gasteiger partial charge in [0.1, 0.15) is 0 Å². The Bertz CT molecular complexity index is 548. The smallest absolute Gasteiger partial charge is 0.255 e. The van der Waals surface area contributed by atoms with Crippen LogP contribution in [0.1, 0.15) is 43.9 Å². The minimum absolute atomic E-state index is 0.0168. The third-order valence-corrected chi connectivity index (χ3v) is 4.25. The van der Waals surface area contributed by atoms with E-state index < -0.39 is 0 Å². The van der Waals surface area contributed by atoms with Gasteiger partial charge in [-0.05, 0) is 19.8 Å². The second kappa shape index (κ2) is 7.96. The molecular formula is C16H26N4O2. The van der Waals surface area contributed by atoms with Gasteiger partial charge in [0.25, 0.3) is 5.56 Å². The summed E-state index contributed by atoms with van der Waals surface area (Å²) in [6.07, 6.45) is 6.27. The normalized spacial score (nSPS) is 15.2. The monoisotopic (exact) mass is 306 g/mol. The molecule has 1 amide bonds. The lowest BCUT2D eigenvalue weighted by Gasteiger charge is -2.33. The fourth-order valence-electron chi connectivity index (χ4n) is 2.81. The Morgan fingerprint density at radius 3 is 2.50 bits per heavy atom. The van der Waals surface area contributed by atoms with Crippen LogP contribution in [-0.2, 0) is 11.2 Å². The van der Waals surface area contributed by atoms with E-state index in [9.17, 15) is 9.59 Å². The zero-order valence-electron chi connectivity index (χ0n) is 13.6. The Morgan fingerprint density at radius 1 is 1.18 bits per heavy atom. The second-order valence-electron chi connectivity index (χ2n) is 5.89. The second-order valence-corrected chi connectivity index (χ2v) is 5.89. The predicted octanol–water partition coefficient (Wildman–Crippen LogP) is 1.48. The maximum atomic E-state index is 12.3. The van der Waals surface area contributed by atoms with Crippen molar-refractivity contribution in [2.45, 2.75) is 46.0 Å². The molecule has 1 aromatic rings. The largest absolute Gasteiger partial charge is 0.342 e. The molecule has 0 bridgehead atoms. The van der Waals surface area contributed by atoms with Crippen molar-refractivity contribution in [1.82, 2.24) is 14.9 Å². The number of anilines is 1. The summed E-state index contributed by atoms with van der Waals surface area (Å²) in [6, 6.07) is 0. The first kappa shape index (κ1) is 16.5. The number of carbonyl (C=O) groups is 1. The molecule has 1 saturated heterocycles. The Balaban J connectivity index is 2.03. The molecule has 1 aromatic heterocycles. The molecule has 0 unspecified atom stereocenters. The number of aromatic nitrogens is 2. The number of amides is 1. The molecule has 22 heavy (non-hydrogen) atoms. The molecule has 1 aliphatic heterocycles. The zero-order valence-corrected chi connectivity index (χ0v) is 13.6. The molecule has 2 heterocycles. The van der Waals surface area contributed by atoms with Gasteiger partial charge in [-0.15, -0.1) is 0 Å². The Morgan fingerprint density at radius 2 is 1.91 bits per heavy atom. The van der Waals surface area contributed by atoms with Crippen LogP contribution >= 0.6 is 0 Å². The molecule has 0 saturated carbocycles. The highest BCUT2D eigenvalue weighted by Crippen LogP contribution is 2.13. The molecule has 6 heteroatoms. The first-order valence-corrected chi connectivity index (χ1v) is 8.19. The van der Waals surface area contributed by atoms with Gasteiger partial charge in [-0.3, -0.25) is 14.6 Å². The summed E-state index contributed by atoms with van der Waals surface area (Å²) in [7, 11) is 0. The van der Waals surface area contributed by atoms with Gasteiger partial charge in [0.15, 0.2) is 0 Å². The molecule has 6 nitrogen and oxygen atoms in total. The molecule has 1 aliphatic rings. The Hall–Kier alpha value is -1.85. The van der Waals surface area contributed by atoms with Crippen LogP contribution in [0.2, 0.25) is 0 Å². The topological polar surface area (TPSA) is 69.3 Å². The highest BCUT2D eigenvalue weighted by Gasteiger charge is 2.18. The number of carbonyl (C=O) groups excluding carboxylic acids is 1. The van der Waals surface area contributed by atoms with Crippen LogP contribution in [0.5, 0.6) is 0 Å². The number of aromatic amines is 1. The maximum absolute atomic E-state index is 12.3. The summed E-state index contributed by atoms with van der Waals surface area (Å²) in [4.78, 5) is 34.3. The number of hydrogen-bond donors (Lipinski definition) is 1. The third-order valence-electron chi connectivity index (χ3n) is 4.25. The van der Waals surface area contributed by atoms with Gasteiger partial charge in [0, 0.05) is 37.4 Å². The van der Waals surface area contributed by atoms with Gasteiger partial charge in [0.2, 0.25) is 12.4 Å². The summed E-state index contributed by atoms with van der Waals surface area (Å²) in [6.45, 7) is 6.85. The van der Waals surface area contributed by atoms with E-state index in [2.05, 4.69) is 16.9 Å². The van der Waals surface area contributed by atoms with Crippen molar-refractivity contribution < 1.29 is 4.79 Å². The average Bonchev–Trinajstić information content (AvgIpc) is 2.53. The number of nitrogens with one attached hydrogen (secondary N) is 1. The Labute approximate surface area is 131 Å². The van der Waals surface area contributed by atoms with E-state index in [1.54, 1.807) is 4.90 Å². The van der Waals surface area contributed by atoms with Crippen LogP contribution in [-0.4, -0.2) is 47.5 Å². The standard InChI is InChI=1S/C16H26N4O2/c1-3-4-5-6-7-14-13(2)17-16(18-15(14)22)20-10-8-19(12-21)9-11-20/h12H,3-11H2,1-2H3,(H,17,18,22). The lowest BCUT2D eigenvalue weighted by atomic mass is 10.1. The van der Waals surface area contributed by atoms with Crippen LogP contribution in [0.3, 0.4) is 0 Å². The summed E-state index contributed by atoms with van der Waals surface area (Å²) >= 11 is 0. The first-order chi connectivity index (χ1) is 10.7. The van der Waals surface area contributed by atoms with E-state index in [0.717, 1.165) is 36.9 Å². The van der Waals surface area contributed by atoms with Crippen molar-refractivity contribution in [2.75, 3.05) is 31.1 Å². The van der Waals surface area contributed by atoms with Crippen molar-refractivity contribution in [3.8, 4) is 0 Å². The van der Waals surface area contributed by atoms with E-state index in [1.165, 1.54) is 12.8 Å². The molecule has 0 aromatic carbocycles. The molecule has 122 valence electrons. The van der Waals surface area contributed by atoms with Crippen LogP contribution in [0.15, 0.2) is 4.79 Å². The van der Waals surface area contributed by atoms with Crippen molar-refractivity contribution in [1.29, 1.82) is 0 Å². The van der Waals surface area contributed by atoms with Gasteiger partial charge in [-0.25, -0.2) is 4.98 Å². The van der Waals surface area contributed by atoms with Crippen molar-refractivity contribution in [2.24, 2.45) is 0 Å². The van der Waals surface area contributed by atoms with E-state index in [1.807, 2.05) is 11.8 Å². The number of hydrogen-bond acceptors (Lipinski definition) is 4. The van der Waals surface area contributed by atoms with Gasteiger partial charge < -0.3 is 9.80 Å². The van der Waals surface area contributed by atoms with Crippen LogP contribution in [0.4, 0.5) is 5.95 Å². The summed E-state index contributed by atoms with van der Waals surface area (Å²) in [5.41, 5.74) is 1.62. The fourth-order valence-corrected chi connectivity index (χ4v) is 2.81. The highest BCUT2D eigenvalue weighted by molar-refractivity contribution is 5.48. The van der Waals surface area contributed by atoms with Gasteiger partial charge in [0.05, 0.1) is 0 Å². The summed E-state index contributed by atoms with van der Waals surface area (Å²) < 4.78 is 0. The number of rotatable bonds is 7. The van der Waals surface area contributed by atoms with Crippen LogP contribution in [0.25, 0.3) is 0 Å². The molecule has 0 atom stereocenters. The number of unbranched alkanes of at least 4 members (excludes halogenated alkanes) is 3. The molecule has 1 fully saturated rings. The van der Waals surface area contributed by atoms with Crippen LogP contribution < -0.4 is 10.5 Å². The van der Waals surface area contributed by atoms with Gasteiger partial charge >= 0.3 is 0 Å². The summed E-state index contributed by atoms with van der Waals surface area (Å²) in [5.74, 6) is 0.630. The van der Waals surface area contributed by atoms with Crippen molar-refractivity contribution >= 4 is 12.4 Å². The third kappa shape index (κ3) is 4.08. The van der Waals surface area contributed by atoms with E-state index >= 15 is 0 Å². The molecular weight excluding hydrogens is 280 g/mol. The number of aryl methyl sites for hydroxylation is 1. The lowest BCUT2D eigenvalue weighted by molar-refractivity contribution is -0.118. The molecule has 0 aliphatic carbocycles. The van der Waals surface area contributed by atoms with E-state index in [-0.39, 0.29) is 5.56 Å². The maximum Gasteiger partial charge on any atom is 0.255 e. The van der Waals surface area contributed by atoms with Crippen molar-refractivity contribution in [3.63, 3.8) is 0 Å². The first-order valence-electron chi connectivity index (χ1n) is 8.19. The molecule has 0 spiro atoms. The number of piperazine rings is 1. The average molecular weight is 306 g/mol. The van der Waals surface area contributed by atoms with E-state index in [0.29, 0.717) is 32.1 Å². The van der Waals surface area contributed by atoms with Crippen LogP contribution in [0, 0.1) is 6.92 Å². The predicted molar refractivity (Wildman–Crippen MR) is 87.3 cm³/mol. The lowest BCUT2D eigenvalue weighted by Crippen LogP contribution is -2.46. The Kier molecular flexibility index (Phi) is 5.98. The van der Waals surface area contributed by atoms with Crippen molar-refractivity contribution in [3.05, 3.63) is 21.6 Å². The minimum atomic E-state index is -0.0168.